The average Bonchev–Trinajstić information content (AvgIpc) is 2.32. The lowest BCUT2D eigenvalue weighted by Gasteiger charge is -2.16. The Morgan fingerprint density at radius 1 is 1.37 bits per heavy atom. The molecule has 0 saturated carbocycles. The van der Waals surface area contributed by atoms with Gasteiger partial charge >= 0.3 is 12.1 Å². The number of carboxylic acid groups (broad SMARTS) is 1. The maximum atomic E-state index is 11.5. The van der Waals surface area contributed by atoms with Crippen molar-refractivity contribution in [2.75, 3.05) is 13.2 Å². The fourth-order valence-corrected chi connectivity index (χ4v) is 1.28. The summed E-state index contributed by atoms with van der Waals surface area (Å²) in [6, 6.07) is -0.960. The topological polar surface area (TPSA) is 105 Å². The van der Waals surface area contributed by atoms with Gasteiger partial charge in [-0.25, -0.2) is 9.59 Å². The number of ether oxygens (including phenoxy) is 1. The van der Waals surface area contributed by atoms with Crippen LogP contribution in [0.2, 0.25) is 0 Å². The molecule has 0 spiro atoms. The Hall–Kier alpha value is -2.05. The molecule has 19 heavy (non-hydrogen) atoms. The Morgan fingerprint density at radius 3 is 2.47 bits per heavy atom. The van der Waals surface area contributed by atoms with Crippen LogP contribution in [0.25, 0.3) is 0 Å². The molecule has 0 aliphatic heterocycles. The van der Waals surface area contributed by atoms with E-state index in [1.165, 1.54) is 6.08 Å². The van der Waals surface area contributed by atoms with Crippen molar-refractivity contribution >= 4 is 18.0 Å². The van der Waals surface area contributed by atoms with Gasteiger partial charge in [-0.1, -0.05) is 26.5 Å². The molecular weight excluding hydrogens is 252 g/mol. The molecule has 0 aromatic rings. The molecule has 0 unspecified atom stereocenters. The second kappa shape index (κ2) is 8.96. The van der Waals surface area contributed by atoms with Crippen LogP contribution in [0.3, 0.4) is 0 Å². The highest BCUT2D eigenvalue weighted by Crippen LogP contribution is 2.04. The van der Waals surface area contributed by atoms with Gasteiger partial charge in [0.1, 0.15) is 19.2 Å². The Morgan fingerprint density at radius 2 is 2.00 bits per heavy atom. The summed E-state index contributed by atoms with van der Waals surface area (Å²) < 4.78 is 4.59. The largest absolute Gasteiger partial charge is 0.480 e. The van der Waals surface area contributed by atoms with Crippen molar-refractivity contribution in [2.45, 2.75) is 26.3 Å². The standard InChI is InChI=1S/C12H20N2O5/c1-4-5-19-12(18)13-7-10(15)14-9(11(16)17)6-8(2)3/h4,8-9H,1,5-7H2,2-3H3,(H,13,18)(H,14,15)(H,16,17)/t9-/m0/s1. The van der Waals surface area contributed by atoms with Gasteiger partial charge in [0.05, 0.1) is 0 Å². The van der Waals surface area contributed by atoms with Crippen LogP contribution < -0.4 is 10.6 Å². The number of carbonyl (C=O) groups is 3. The van der Waals surface area contributed by atoms with Crippen LogP contribution in [0.4, 0.5) is 4.79 Å². The van der Waals surface area contributed by atoms with E-state index in [4.69, 9.17) is 5.11 Å². The first kappa shape index (κ1) is 16.9. The Bertz CT molecular complexity index is 341. The number of amides is 2. The van der Waals surface area contributed by atoms with Crippen LogP contribution in [-0.2, 0) is 14.3 Å². The van der Waals surface area contributed by atoms with Gasteiger partial charge in [-0.2, -0.15) is 0 Å². The van der Waals surface area contributed by atoms with Gasteiger partial charge in [0, 0.05) is 0 Å². The Labute approximate surface area is 112 Å². The second-order valence-electron chi connectivity index (χ2n) is 4.33. The molecular formula is C12H20N2O5. The van der Waals surface area contributed by atoms with E-state index < -0.39 is 24.0 Å². The molecule has 2 amide bonds. The lowest BCUT2D eigenvalue weighted by molar-refractivity contribution is -0.142. The van der Waals surface area contributed by atoms with Crippen molar-refractivity contribution in [3.8, 4) is 0 Å². The molecule has 3 N–H and O–H groups in total. The van der Waals surface area contributed by atoms with Gasteiger partial charge in [-0.05, 0) is 12.3 Å². The maximum absolute atomic E-state index is 11.5. The van der Waals surface area contributed by atoms with Crippen LogP contribution in [0.5, 0.6) is 0 Å². The molecule has 108 valence electrons. The quantitative estimate of drug-likeness (QED) is 0.558. The van der Waals surface area contributed by atoms with Crippen LogP contribution in [0.15, 0.2) is 12.7 Å². The number of hydrogen-bond donors (Lipinski definition) is 3. The van der Waals surface area contributed by atoms with Crippen molar-refractivity contribution < 1.29 is 24.2 Å². The van der Waals surface area contributed by atoms with Crippen LogP contribution >= 0.6 is 0 Å². The second-order valence-corrected chi connectivity index (χ2v) is 4.33. The molecule has 1 atom stereocenters. The zero-order chi connectivity index (χ0) is 14.8. The number of nitrogens with one attached hydrogen (secondary N) is 2. The van der Waals surface area contributed by atoms with Gasteiger partial charge in [0.15, 0.2) is 0 Å². The van der Waals surface area contributed by atoms with E-state index in [0.29, 0.717) is 6.42 Å². The number of hydrogen-bond acceptors (Lipinski definition) is 4. The van der Waals surface area contributed by atoms with E-state index in [2.05, 4.69) is 21.9 Å². The molecule has 0 aliphatic carbocycles. The summed E-state index contributed by atoms with van der Waals surface area (Å²) in [5.74, 6) is -1.55. The van der Waals surface area contributed by atoms with E-state index in [1.807, 2.05) is 13.8 Å². The molecule has 7 nitrogen and oxygen atoms in total. The summed E-state index contributed by atoms with van der Waals surface area (Å²) in [4.78, 5) is 33.4. The van der Waals surface area contributed by atoms with Gasteiger partial charge in [-0.3, -0.25) is 4.79 Å². The van der Waals surface area contributed by atoms with E-state index in [9.17, 15) is 14.4 Å². The minimum atomic E-state index is -1.10. The molecule has 0 bridgehead atoms. The third kappa shape index (κ3) is 8.64. The van der Waals surface area contributed by atoms with E-state index in [-0.39, 0.29) is 19.1 Å². The fraction of sp³-hybridized carbons (Fsp3) is 0.583. The number of carboxylic acids is 1. The van der Waals surface area contributed by atoms with Gasteiger partial charge < -0.3 is 20.5 Å². The first-order chi connectivity index (χ1) is 8.86. The first-order valence-corrected chi connectivity index (χ1v) is 5.90. The molecule has 0 radical (unpaired) electrons. The smallest absolute Gasteiger partial charge is 0.407 e. The number of alkyl carbamates (subject to hydrolysis) is 1. The monoisotopic (exact) mass is 272 g/mol. The van der Waals surface area contributed by atoms with E-state index >= 15 is 0 Å². The number of rotatable bonds is 8. The lowest BCUT2D eigenvalue weighted by Crippen LogP contribution is -2.46. The number of aliphatic carboxylic acids is 1. The molecule has 0 aromatic carbocycles. The zero-order valence-electron chi connectivity index (χ0n) is 11.1. The summed E-state index contributed by atoms with van der Waals surface area (Å²) >= 11 is 0. The molecule has 0 rings (SSSR count). The van der Waals surface area contributed by atoms with Gasteiger partial charge in [-0.15, -0.1) is 0 Å². The van der Waals surface area contributed by atoms with Gasteiger partial charge in [0.25, 0.3) is 0 Å². The summed E-state index contributed by atoms with van der Waals surface area (Å²) in [5.41, 5.74) is 0. The fourth-order valence-electron chi connectivity index (χ4n) is 1.28. The van der Waals surface area contributed by atoms with Crippen LogP contribution in [0, 0.1) is 5.92 Å². The molecule has 0 aromatic heterocycles. The molecule has 0 saturated heterocycles. The molecule has 0 aliphatic rings. The predicted molar refractivity (Wildman–Crippen MR) is 68.6 cm³/mol. The minimum Gasteiger partial charge on any atom is -0.480 e. The first-order valence-electron chi connectivity index (χ1n) is 5.90. The van der Waals surface area contributed by atoms with Crippen LogP contribution in [-0.4, -0.2) is 42.3 Å². The summed E-state index contributed by atoms with van der Waals surface area (Å²) in [5, 5.41) is 13.5. The summed E-state index contributed by atoms with van der Waals surface area (Å²) in [7, 11) is 0. The third-order valence-corrected chi connectivity index (χ3v) is 2.07. The predicted octanol–water partition coefficient (Wildman–Crippen LogP) is 0.514. The SMILES string of the molecule is C=CCOC(=O)NCC(=O)N[C@@H](CC(C)C)C(=O)O. The highest BCUT2D eigenvalue weighted by Gasteiger charge is 2.21. The van der Waals surface area contributed by atoms with Crippen LogP contribution in [0.1, 0.15) is 20.3 Å². The zero-order valence-corrected chi connectivity index (χ0v) is 11.1. The molecule has 7 heteroatoms. The Balaban J connectivity index is 4.09. The molecule has 0 fully saturated rings. The van der Waals surface area contributed by atoms with E-state index in [1.54, 1.807) is 0 Å². The van der Waals surface area contributed by atoms with Crippen molar-refractivity contribution in [1.82, 2.24) is 10.6 Å². The minimum absolute atomic E-state index is 0.0402. The Kier molecular flexibility index (Phi) is 7.99. The summed E-state index contributed by atoms with van der Waals surface area (Å²) in [6.07, 6.45) is 0.954. The van der Waals surface area contributed by atoms with Crippen molar-refractivity contribution in [2.24, 2.45) is 5.92 Å². The van der Waals surface area contributed by atoms with Gasteiger partial charge in [0.2, 0.25) is 5.91 Å². The lowest BCUT2D eigenvalue weighted by atomic mass is 10.0. The number of carbonyl (C=O) groups excluding carboxylic acids is 2. The van der Waals surface area contributed by atoms with E-state index in [0.717, 1.165) is 0 Å². The normalized spacial score (nSPS) is 11.5. The maximum Gasteiger partial charge on any atom is 0.407 e. The van der Waals surface area contributed by atoms with Crippen molar-refractivity contribution in [3.63, 3.8) is 0 Å². The third-order valence-electron chi connectivity index (χ3n) is 2.07. The highest BCUT2D eigenvalue weighted by atomic mass is 16.5. The van der Waals surface area contributed by atoms with Crippen molar-refractivity contribution in [1.29, 1.82) is 0 Å². The van der Waals surface area contributed by atoms with Crippen molar-refractivity contribution in [3.05, 3.63) is 12.7 Å². The highest BCUT2D eigenvalue weighted by molar-refractivity contribution is 5.86. The molecule has 0 heterocycles. The summed E-state index contributed by atoms with van der Waals surface area (Å²) in [6.45, 7) is 6.78. The average molecular weight is 272 g/mol.